The van der Waals surface area contributed by atoms with E-state index in [0.29, 0.717) is 10.7 Å². The van der Waals surface area contributed by atoms with Crippen molar-refractivity contribution in [2.45, 2.75) is 24.6 Å². The number of hydrogen-bond acceptors (Lipinski definition) is 2. The van der Waals surface area contributed by atoms with Gasteiger partial charge in [0.1, 0.15) is 5.75 Å². The van der Waals surface area contributed by atoms with Crippen molar-refractivity contribution >= 4 is 27.5 Å². The number of amides is 1. The van der Waals surface area contributed by atoms with Gasteiger partial charge in [-0.2, -0.15) is 0 Å². The molecule has 1 aromatic carbocycles. The number of carbonyl (C=O) groups is 1. The monoisotopic (exact) mass is 309 g/mol. The molecule has 1 amide bonds. The smallest absolute Gasteiger partial charge is 0.262 e. The Morgan fingerprint density at radius 1 is 1.44 bits per heavy atom. The molecular weight excluding hydrogens is 294 g/mol. The highest BCUT2D eigenvalue weighted by Gasteiger charge is 2.33. The summed E-state index contributed by atoms with van der Waals surface area (Å²) < 4.78 is 5.36. The number of alkyl halides is 1. The van der Waals surface area contributed by atoms with Crippen LogP contribution >= 0.6 is 15.9 Å². The first kappa shape index (κ1) is 12.0. The van der Waals surface area contributed by atoms with Gasteiger partial charge in [0, 0.05) is 4.83 Å². The lowest BCUT2D eigenvalue weighted by Crippen LogP contribution is -2.25. The average molecular weight is 310 g/mol. The summed E-state index contributed by atoms with van der Waals surface area (Å²) in [4.78, 5) is 11.7. The Morgan fingerprint density at radius 3 is 2.94 bits per heavy atom. The highest BCUT2D eigenvalue weighted by Crippen LogP contribution is 2.47. The van der Waals surface area contributed by atoms with E-state index < -0.39 is 0 Å². The maximum Gasteiger partial charge on any atom is 0.262 e. The van der Waals surface area contributed by atoms with Crippen molar-refractivity contribution in [3.05, 3.63) is 23.8 Å². The van der Waals surface area contributed by atoms with Crippen molar-refractivity contribution in [3.8, 4) is 5.75 Å². The first-order valence-corrected chi connectivity index (χ1v) is 7.27. The SMILES string of the molecule is CC(C1CC1)C(Br)c1ccc2c(c1)NC(=O)CO2. The second kappa shape index (κ2) is 4.57. The molecule has 0 saturated heterocycles. The van der Waals surface area contributed by atoms with Gasteiger partial charge in [-0.05, 0) is 42.4 Å². The van der Waals surface area contributed by atoms with Gasteiger partial charge in [0.15, 0.2) is 6.61 Å². The number of benzene rings is 1. The summed E-state index contributed by atoms with van der Waals surface area (Å²) in [5.74, 6) is 2.15. The second-order valence-electron chi connectivity index (χ2n) is 5.19. The lowest BCUT2D eigenvalue weighted by Gasteiger charge is -2.22. The summed E-state index contributed by atoms with van der Waals surface area (Å²) in [7, 11) is 0. The third-order valence-electron chi connectivity index (χ3n) is 3.78. The number of nitrogens with one attached hydrogen (secondary N) is 1. The van der Waals surface area contributed by atoms with Gasteiger partial charge in [-0.1, -0.05) is 28.9 Å². The average Bonchev–Trinajstić information content (AvgIpc) is 3.20. The van der Waals surface area contributed by atoms with Crippen LogP contribution in [0.15, 0.2) is 18.2 Å². The molecule has 1 heterocycles. The molecular formula is C14H16BrNO2. The molecule has 0 spiro atoms. The standard InChI is InChI=1S/C14H16BrNO2/c1-8(9-2-3-9)14(15)10-4-5-12-11(6-10)16-13(17)7-18-12/h4-6,8-9,14H,2-3,7H2,1H3,(H,16,17). The second-order valence-corrected chi connectivity index (χ2v) is 6.18. The van der Waals surface area contributed by atoms with Crippen LogP contribution in [0.4, 0.5) is 5.69 Å². The van der Waals surface area contributed by atoms with Gasteiger partial charge in [-0.15, -0.1) is 0 Å². The molecule has 1 aromatic rings. The zero-order valence-corrected chi connectivity index (χ0v) is 11.9. The molecule has 4 heteroatoms. The Hall–Kier alpha value is -1.03. The molecule has 18 heavy (non-hydrogen) atoms. The van der Waals surface area contributed by atoms with Crippen LogP contribution in [0.2, 0.25) is 0 Å². The molecule has 1 fully saturated rings. The van der Waals surface area contributed by atoms with Crippen LogP contribution in [0.3, 0.4) is 0 Å². The Balaban J connectivity index is 1.84. The molecule has 2 aliphatic rings. The van der Waals surface area contributed by atoms with E-state index in [9.17, 15) is 4.79 Å². The number of carbonyl (C=O) groups excluding carboxylic acids is 1. The minimum atomic E-state index is -0.0824. The zero-order chi connectivity index (χ0) is 12.7. The highest BCUT2D eigenvalue weighted by atomic mass is 79.9. The summed E-state index contributed by atoms with van der Waals surface area (Å²) in [5.41, 5.74) is 2.00. The molecule has 0 radical (unpaired) electrons. The molecule has 0 bridgehead atoms. The van der Waals surface area contributed by atoms with Crippen molar-refractivity contribution in [1.82, 2.24) is 0 Å². The fourth-order valence-corrected chi connectivity index (χ4v) is 3.15. The molecule has 3 rings (SSSR count). The van der Waals surface area contributed by atoms with E-state index in [-0.39, 0.29) is 12.5 Å². The summed E-state index contributed by atoms with van der Waals surface area (Å²) in [6.45, 7) is 2.40. The van der Waals surface area contributed by atoms with Gasteiger partial charge < -0.3 is 10.1 Å². The maximum absolute atomic E-state index is 11.3. The van der Waals surface area contributed by atoms with Gasteiger partial charge in [-0.25, -0.2) is 0 Å². The van der Waals surface area contributed by atoms with E-state index in [4.69, 9.17) is 4.74 Å². The van der Waals surface area contributed by atoms with Gasteiger partial charge in [0.2, 0.25) is 0 Å². The van der Waals surface area contributed by atoms with Gasteiger partial charge >= 0.3 is 0 Å². The predicted octanol–water partition coefficient (Wildman–Crippen LogP) is 3.50. The lowest BCUT2D eigenvalue weighted by atomic mass is 9.96. The Bertz CT molecular complexity index is 485. The molecule has 1 N–H and O–H groups in total. The van der Waals surface area contributed by atoms with Crippen molar-refractivity contribution in [2.24, 2.45) is 11.8 Å². The molecule has 3 nitrogen and oxygen atoms in total. The fourth-order valence-electron chi connectivity index (χ4n) is 2.44. The van der Waals surface area contributed by atoms with Crippen LogP contribution in [0.1, 0.15) is 30.2 Å². The molecule has 96 valence electrons. The third-order valence-corrected chi connectivity index (χ3v) is 5.14. The summed E-state index contributed by atoms with van der Waals surface area (Å²) in [5, 5.41) is 2.85. The fraction of sp³-hybridized carbons (Fsp3) is 0.500. The molecule has 2 atom stereocenters. The number of anilines is 1. The first-order valence-electron chi connectivity index (χ1n) is 6.36. The van der Waals surface area contributed by atoms with E-state index >= 15 is 0 Å². The predicted molar refractivity (Wildman–Crippen MR) is 74.1 cm³/mol. The van der Waals surface area contributed by atoms with Gasteiger partial charge in [0.05, 0.1) is 5.69 Å². The van der Waals surface area contributed by atoms with Crippen LogP contribution in [0.5, 0.6) is 5.75 Å². The van der Waals surface area contributed by atoms with Crippen LogP contribution in [0, 0.1) is 11.8 Å². The topological polar surface area (TPSA) is 38.3 Å². The number of rotatable bonds is 3. The number of fused-ring (bicyclic) bond motifs is 1. The first-order chi connectivity index (χ1) is 8.65. The van der Waals surface area contributed by atoms with Crippen molar-refractivity contribution in [1.29, 1.82) is 0 Å². The Labute approximate surface area is 115 Å². The van der Waals surface area contributed by atoms with E-state index in [1.807, 2.05) is 12.1 Å². The van der Waals surface area contributed by atoms with E-state index in [1.165, 1.54) is 18.4 Å². The number of halogens is 1. The highest BCUT2D eigenvalue weighted by molar-refractivity contribution is 9.09. The summed E-state index contributed by atoms with van der Waals surface area (Å²) in [6, 6.07) is 6.04. The zero-order valence-electron chi connectivity index (χ0n) is 10.3. The molecule has 2 unspecified atom stereocenters. The molecule has 1 aliphatic heterocycles. The van der Waals surface area contributed by atoms with Crippen molar-refractivity contribution in [3.63, 3.8) is 0 Å². The number of ether oxygens (including phenoxy) is 1. The lowest BCUT2D eigenvalue weighted by molar-refractivity contribution is -0.118. The van der Waals surface area contributed by atoms with Crippen LogP contribution in [0.25, 0.3) is 0 Å². The molecule has 1 aliphatic carbocycles. The van der Waals surface area contributed by atoms with E-state index in [2.05, 4.69) is 34.2 Å². The van der Waals surface area contributed by atoms with Crippen LogP contribution in [-0.2, 0) is 4.79 Å². The third kappa shape index (κ3) is 2.26. The Morgan fingerprint density at radius 2 is 2.22 bits per heavy atom. The molecule has 0 aromatic heterocycles. The van der Waals surface area contributed by atoms with Gasteiger partial charge in [-0.3, -0.25) is 4.79 Å². The quantitative estimate of drug-likeness (QED) is 0.868. The number of hydrogen-bond donors (Lipinski definition) is 1. The van der Waals surface area contributed by atoms with E-state index in [1.54, 1.807) is 0 Å². The maximum atomic E-state index is 11.3. The van der Waals surface area contributed by atoms with Crippen LogP contribution in [-0.4, -0.2) is 12.5 Å². The largest absolute Gasteiger partial charge is 0.482 e. The molecule has 1 saturated carbocycles. The Kier molecular flexibility index (Phi) is 3.06. The van der Waals surface area contributed by atoms with Crippen molar-refractivity contribution < 1.29 is 9.53 Å². The summed E-state index contributed by atoms with van der Waals surface area (Å²) in [6.07, 6.45) is 2.68. The van der Waals surface area contributed by atoms with Gasteiger partial charge in [0.25, 0.3) is 5.91 Å². The van der Waals surface area contributed by atoms with Crippen LogP contribution < -0.4 is 10.1 Å². The normalized spacial score (nSPS) is 21.6. The summed E-state index contributed by atoms with van der Waals surface area (Å²) >= 11 is 3.78. The minimum Gasteiger partial charge on any atom is -0.482 e. The van der Waals surface area contributed by atoms with Crippen molar-refractivity contribution in [2.75, 3.05) is 11.9 Å². The minimum absolute atomic E-state index is 0.0824. The van der Waals surface area contributed by atoms with E-state index in [0.717, 1.165) is 17.4 Å².